The Labute approximate surface area is 186 Å². The maximum absolute atomic E-state index is 13.1. The number of alkyl halides is 3. The van der Waals surface area contributed by atoms with E-state index in [1.165, 1.54) is 0 Å². The summed E-state index contributed by atoms with van der Waals surface area (Å²) in [5.41, 5.74) is 4.11. The van der Waals surface area contributed by atoms with Gasteiger partial charge in [0, 0.05) is 32.7 Å². The van der Waals surface area contributed by atoms with Gasteiger partial charge in [-0.15, -0.1) is 0 Å². The molecular weight excluding hydrogens is 439 g/mol. The van der Waals surface area contributed by atoms with Gasteiger partial charge in [0.15, 0.2) is 0 Å². The normalized spacial score (nSPS) is 11.1. The summed E-state index contributed by atoms with van der Waals surface area (Å²) < 4.78 is 35.5. The van der Waals surface area contributed by atoms with Gasteiger partial charge in [0.1, 0.15) is 5.69 Å². The number of halogens is 3. The summed E-state index contributed by atoms with van der Waals surface area (Å²) in [7, 11) is 3.68. The minimum Gasteiger partial charge on any atom is -0.475 e. The van der Waals surface area contributed by atoms with Crippen LogP contribution in [0.5, 0.6) is 0 Å². The number of pyridine rings is 2. The molecule has 4 heterocycles. The second-order valence-corrected chi connectivity index (χ2v) is 7.06. The van der Waals surface area contributed by atoms with Crippen molar-refractivity contribution >= 4 is 17.4 Å². The molecule has 0 atom stereocenters. The number of fused-ring (bicyclic) bond motifs is 1. The van der Waals surface area contributed by atoms with E-state index in [4.69, 9.17) is 9.90 Å². The Bertz CT molecular complexity index is 1270. The number of amides is 1. The first-order chi connectivity index (χ1) is 15.6. The number of carboxylic acid groups (broad SMARTS) is 1. The molecule has 0 aromatic carbocycles. The van der Waals surface area contributed by atoms with Gasteiger partial charge in [-0.3, -0.25) is 14.5 Å². The fourth-order valence-electron chi connectivity index (χ4n) is 3.09. The van der Waals surface area contributed by atoms with Gasteiger partial charge in [0.2, 0.25) is 0 Å². The molecule has 11 heteroatoms. The third-order valence-corrected chi connectivity index (χ3v) is 4.60. The molecule has 0 saturated heterocycles. The zero-order chi connectivity index (χ0) is 24.2. The van der Waals surface area contributed by atoms with Crippen molar-refractivity contribution in [2.75, 3.05) is 7.05 Å². The summed E-state index contributed by atoms with van der Waals surface area (Å²) in [6.07, 6.45) is 0.502. The van der Waals surface area contributed by atoms with Crippen LogP contribution in [-0.4, -0.2) is 54.3 Å². The van der Waals surface area contributed by atoms with Crippen molar-refractivity contribution in [3.8, 4) is 11.4 Å². The van der Waals surface area contributed by atoms with Gasteiger partial charge in [-0.2, -0.15) is 18.3 Å². The summed E-state index contributed by atoms with van der Waals surface area (Å²) in [5, 5.41) is 11.6. The van der Waals surface area contributed by atoms with E-state index in [1.807, 2.05) is 72.4 Å². The van der Waals surface area contributed by atoms with E-state index in [0.717, 1.165) is 22.6 Å². The third-order valence-electron chi connectivity index (χ3n) is 4.60. The van der Waals surface area contributed by atoms with Crippen LogP contribution in [0.2, 0.25) is 0 Å². The fourth-order valence-corrected chi connectivity index (χ4v) is 3.09. The van der Waals surface area contributed by atoms with Gasteiger partial charge in [0.25, 0.3) is 5.91 Å². The zero-order valence-electron chi connectivity index (χ0n) is 17.7. The van der Waals surface area contributed by atoms with Crippen LogP contribution in [0, 0.1) is 0 Å². The second kappa shape index (κ2) is 9.55. The molecule has 0 fully saturated rings. The quantitative estimate of drug-likeness (QED) is 0.503. The van der Waals surface area contributed by atoms with E-state index in [9.17, 15) is 18.0 Å². The number of carboxylic acids is 1. The predicted octanol–water partition coefficient (Wildman–Crippen LogP) is 3.64. The average Bonchev–Trinajstić information content (AvgIpc) is 3.37. The van der Waals surface area contributed by atoms with Crippen molar-refractivity contribution in [3.63, 3.8) is 0 Å². The number of carbonyl (C=O) groups is 2. The van der Waals surface area contributed by atoms with Crippen molar-refractivity contribution in [2.24, 2.45) is 7.05 Å². The third kappa shape index (κ3) is 5.56. The van der Waals surface area contributed by atoms with Crippen molar-refractivity contribution in [1.29, 1.82) is 0 Å². The standard InChI is InChI=1S/C20H19N5O.C2HF3O2/c1-23(14-15-7-3-5-10-21-15)20(26)16-13-19(17-9-12-24(2)22-17)25-11-6-4-8-18(16)25;3-2(4,5)1(6)7/h3-13H,14H2,1-2H3;(H,6,7). The Hall–Kier alpha value is -4.15. The lowest BCUT2D eigenvalue weighted by molar-refractivity contribution is -0.192. The summed E-state index contributed by atoms with van der Waals surface area (Å²) in [4.78, 5) is 28.0. The Kier molecular flexibility index (Phi) is 6.80. The number of carbonyl (C=O) groups excluding carboxylic acids is 1. The molecule has 0 radical (unpaired) electrons. The Morgan fingerprint density at radius 1 is 1.09 bits per heavy atom. The van der Waals surface area contributed by atoms with E-state index in [-0.39, 0.29) is 5.91 Å². The van der Waals surface area contributed by atoms with Crippen molar-refractivity contribution in [1.82, 2.24) is 24.1 Å². The Morgan fingerprint density at radius 2 is 1.79 bits per heavy atom. The zero-order valence-corrected chi connectivity index (χ0v) is 17.7. The molecule has 0 aliphatic heterocycles. The minimum absolute atomic E-state index is 0.0402. The molecule has 4 aromatic heterocycles. The number of hydrogen-bond donors (Lipinski definition) is 1. The van der Waals surface area contributed by atoms with Gasteiger partial charge in [-0.1, -0.05) is 12.1 Å². The van der Waals surface area contributed by atoms with E-state index in [0.29, 0.717) is 12.1 Å². The number of aromatic nitrogens is 4. The van der Waals surface area contributed by atoms with E-state index < -0.39 is 12.1 Å². The maximum atomic E-state index is 13.1. The first kappa shape index (κ1) is 23.5. The number of aliphatic carboxylic acids is 1. The van der Waals surface area contributed by atoms with E-state index >= 15 is 0 Å². The van der Waals surface area contributed by atoms with Crippen LogP contribution in [0.4, 0.5) is 13.2 Å². The Balaban J connectivity index is 0.000000383. The first-order valence-corrected chi connectivity index (χ1v) is 9.63. The van der Waals surface area contributed by atoms with Gasteiger partial charge < -0.3 is 14.4 Å². The molecule has 0 aliphatic rings. The number of nitrogens with zero attached hydrogens (tertiary/aromatic N) is 5. The first-order valence-electron chi connectivity index (χ1n) is 9.63. The number of rotatable bonds is 4. The summed E-state index contributed by atoms with van der Waals surface area (Å²) in [6, 6.07) is 15.4. The Morgan fingerprint density at radius 3 is 2.36 bits per heavy atom. The molecule has 0 aliphatic carbocycles. The molecule has 0 spiro atoms. The highest BCUT2D eigenvalue weighted by atomic mass is 19.4. The molecule has 8 nitrogen and oxygen atoms in total. The fraction of sp³-hybridized carbons (Fsp3) is 0.182. The summed E-state index contributed by atoms with van der Waals surface area (Å²) in [5.74, 6) is -2.80. The van der Waals surface area contributed by atoms with Crippen molar-refractivity contribution < 1.29 is 27.9 Å². The smallest absolute Gasteiger partial charge is 0.475 e. The molecule has 172 valence electrons. The van der Waals surface area contributed by atoms with Crippen LogP contribution in [-0.2, 0) is 18.4 Å². The van der Waals surface area contributed by atoms with Crippen LogP contribution < -0.4 is 0 Å². The topological polar surface area (TPSA) is 92.7 Å². The molecule has 0 saturated carbocycles. The highest BCUT2D eigenvalue weighted by Crippen LogP contribution is 2.26. The SMILES string of the molecule is CN(Cc1ccccn1)C(=O)c1cc(-c2ccn(C)n2)n2ccccc12.O=C(O)C(F)(F)F. The van der Waals surface area contributed by atoms with E-state index in [2.05, 4.69) is 10.1 Å². The molecule has 1 amide bonds. The van der Waals surface area contributed by atoms with Crippen LogP contribution >= 0.6 is 0 Å². The van der Waals surface area contributed by atoms with Crippen LogP contribution in [0.3, 0.4) is 0 Å². The average molecular weight is 459 g/mol. The highest BCUT2D eigenvalue weighted by molar-refractivity contribution is 6.02. The van der Waals surface area contributed by atoms with Crippen molar-refractivity contribution in [3.05, 3.63) is 78.4 Å². The lowest BCUT2D eigenvalue weighted by atomic mass is 10.2. The largest absolute Gasteiger partial charge is 0.490 e. The van der Waals surface area contributed by atoms with Gasteiger partial charge in [-0.05, 0) is 36.4 Å². The monoisotopic (exact) mass is 459 g/mol. The molecule has 0 bridgehead atoms. The minimum atomic E-state index is -5.08. The summed E-state index contributed by atoms with van der Waals surface area (Å²) in [6.45, 7) is 0.461. The lowest BCUT2D eigenvalue weighted by Crippen LogP contribution is -2.26. The highest BCUT2D eigenvalue weighted by Gasteiger charge is 2.38. The number of hydrogen-bond acceptors (Lipinski definition) is 4. The van der Waals surface area contributed by atoms with Crippen molar-refractivity contribution in [2.45, 2.75) is 12.7 Å². The van der Waals surface area contributed by atoms with E-state index in [1.54, 1.807) is 22.8 Å². The lowest BCUT2D eigenvalue weighted by Gasteiger charge is -2.16. The maximum Gasteiger partial charge on any atom is 0.490 e. The molecule has 4 aromatic rings. The predicted molar refractivity (Wildman–Crippen MR) is 113 cm³/mol. The second-order valence-electron chi connectivity index (χ2n) is 7.06. The molecule has 33 heavy (non-hydrogen) atoms. The molecular formula is C22H20F3N5O3. The van der Waals surface area contributed by atoms with Gasteiger partial charge >= 0.3 is 12.1 Å². The van der Waals surface area contributed by atoms with Gasteiger partial charge in [0.05, 0.1) is 29.0 Å². The van der Waals surface area contributed by atoms with Crippen LogP contribution in [0.25, 0.3) is 16.9 Å². The molecule has 4 rings (SSSR count). The number of aryl methyl sites for hydroxylation is 1. The van der Waals surface area contributed by atoms with Crippen LogP contribution in [0.15, 0.2) is 67.1 Å². The van der Waals surface area contributed by atoms with Crippen LogP contribution in [0.1, 0.15) is 16.1 Å². The van der Waals surface area contributed by atoms with Gasteiger partial charge in [-0.25, -0.2) is 4.79 Å². The molecule has 1 N–H and O–H groups in total. The molecule has 0 unspecified atom stereocenters. The summed E-state index contributed by atoms with van der Waals surface area (Å²) >= 11 is 0.